The van der Waals surface area contributed by atoms with E-state index >= 15 is 0 Å². The Morgan fingerprint density at radius 1 is 1.00 bits per heavy atom. The molecule has 2 aromatic carbocycles. The summed E-state index contributed by atoms with van der Waals surface area (Å²) in [4.78, 5) is 9.43. The summed E-state index contributed by atoms with van der Waals surface area (Å²) >= 11 is 2.66. The van der Waals surface area contributed by atoms with Crippen molar-refractivity contribution in [1.29, 1.82) is 5.26 Å². The number of hydrogen-bond acceptors (Lipinski definition) is 6. The average Bonchev–Trinajstić information content (AvgIpc) is 3.29. The molecule has 0 saturated carbocycles. The fourth-order valence-corrected chi connectivity index (χ4v) is 4.39. The molecule has 4 rings (SSSR count). The monoisotopic (exact) mass is 437 g/mol. The molecule has 0 saturated heterocycles. The van der Waals surface area contributed by atoms with E-state index in [1.165, 1.54) is 12.1 Å². The van der Waals surface area contributed by atoms with Gasteiger partial charge in [0, 0.05) is 21.8 Å². The summed E-state index contributed by atoms with van der Waals surface area (Å²) in [5.74, 6) is -2.23. The van der Waals surface area contributed by atoms with Crippen LogP contribution in [0.4, 0.5) is 8.78 Å². The lowest BCUT2D eigenvalue weighted by Gasteiger charge is -2.09. The summed E-state index contributed by atoms with van der Waals surface area (Å²) in [6.45, 7) is 0. The fourth-order valence-electron chi connectivity index (χ4n) is 2.84. The van der Waals surface area contributed by atoms with Crippen LogP contribution in [0.25, 0.3) is 21.7 Å². The van der Waals surface area contributed by atoms with Crippen molar-refractivity contribution in [2.75, 3.05) is 0 Å². The first-order chi connectivity index (χ1) is 14.6. The van der Waals surface area contributed by atoms with Crippen LogP contribution in [0.5, 0.6) is 5.88 Å². The highest BCUT2D eigenvalue weighted by atomic mass is 32.2. The van der Waals surface area contributed by atoms with Gasteiger partial charge in [-0.3, -0.25) is 0 Å². The molecule has 148 valence electrons. The highest BCUT2D eigenvalue weighted by molar-refractivity contribution is 7.98. The molecule has 1 N–H and O–H groups in total. The van der Waals surface area contributed by atoms with Crippen LogP contribution >= 0.6 is 23.1 Å². The van der Waals surface area contributed by atoms with E-state index in [9.17, 15) is 19.1 Å². The van der Waals surface area contributed by atoms with E-state index in [4.69, 9.17) is 0 Å². The van der Waals surface area contributed by atoms with Crippen molar-refractivity contribution >= 4 is 23.1 Å². The van der Waals surface area contributed by atoms with Crippen LogP contribution in [0.1, 0.15) is 11.1 Å². The van der Waals surface area contributed by atoms with Crippen LogP contribution in [0, 0.1) is 23.0 Å². The van der Waals surface area contributed by atoms with Gasteiger partial charge in [-0.25, -0.2) is 13.8 Å². The highest BCUT2D eigenvalue weighted by Crippen LogP contribution is 2.33. The number of aromatic nitrogens is 2. The van der Waals surface area contributed by atoms with E-state index in [0.29, 0.717) is 5.56 Å². The van der Waals surface area contributed by atoms with E-state index in [2.05, 4.69) is 9.97 Å². The van der Waals surface area contributed by atoms with Gasteiger partial charge in [-0.2, -0.15) is 10.2 Å². The molecule has 8 heteroatoms. The number of thioether (sulfide) groups is 1. The number of aromatic hydroxyl groups is 1. The maximum atomic E-state index is 13.9. The summed E-state index contributed by atoms with van der Waals surface area (Å²) < 4.78 is 27.3. The van der Waals surface area contributed by atoms with Crippen LogP contribution in [-0.4, -0.2) is 15.1 Å². The van der Waals surface area contributed by atoms with Crippen molar-refractivity contribution < 1.29 is 13.9 Å². The van der Waals surface area contributed by atoms with Gasteiger partial charge in [0.1, 0.15) is 11.6 Å². The number of thiophene rings is 1. The lowest BCUT2D eigenvalue weighted by atomic mass is 10.0. The van der Waals surface area contributed by atoms with Crippen molar-refractivity contribution in [3.63, 3.8) is 0 Å². The highest BCUT2D eigenvalue weighted by Gasteiger charge is 2.17. The average molecular weight is 437 g/mol. The minimum Gasteiger partial charge on any atom is -0.492 e. The Kier molecular flexibility index (Phi) is 5.74. The Labute approximate surface area is 179 Å². The summed E-state index contributed by atoms with van der Waals surface area (Å²) in [6.07, 6.45) is 0. The van der Waals surface area contributed by atoms with Crippen LogP contribution in [0.15, 0.2) is 65.1 Å². The second-order valence-corrected chi connectivity index (χ2v) is 8.11. The summed E-state index contributed by atoms with van der Waals surface area (Å²) in [5.41, 5.74) is 2.07. The van der Waals surface area contributed by atoms with Crippen LogP contribution < -0.4 is 0 Å². The second kappa shape index (κ2) is 8.61. The van der Waals surface area contributed by atoms with E-state index in [1.807, 2.05) is 47.8 Å². The zero-order chi connectivity index (χ0) is 21.1. The number of benzene rings is 2. The van der Waals surface area contributed by atoms with E-state index in [-0.39, 0.29) is 27.7 Å². The Balaban J connectivity index is 1.65. The smallest absolute Gasteiger partial charge is 0.233 e. The summed E-state index contributed by atoms with van der Waals surface area (Å²) in [7, 11) is 0. The van der Waals surface area contributed by atoms with Crippen LogP contribution in [-0.2, 0) is 5.75 Å². The third-order valence-corrected chi connectivity index (χ3v) is 6.15. The minimum absolute atomic E-state index is 0.0415. The Morgan fingerprint density at radius 3 is 2.47 bits per heavy atom. The second-order valence-electron chi connectivity index (χ2n) is 6.22. The van der Waals surface area contributed by atoms with Gasteiger partial charge in [-0.15, -0.1) is 11.3 Å². The minimum atomic E-state index is -0.928. The molecule has 2 aromatic heterocycles. The maximum absolute atomic E-state index is 13.9. The molecule has 0 amide bonds. The molecule has 0 spiro atoms. The standard InChI is InChI=1S/C22H13F2N3OS2/c23-17-4-1-3-15(19(17)24)12-30-22-26-20(16(11-25)21(28)27-22)14-8-6-13(7-9-14)18-5-2-10-29-18/h1-10H,12H2,(H,26,27,28). The Bertz CT molecular complexity index is 1240. The van der Waals surface area contributed by atoms with Gasteiger partial charge in [-0.1, -0.05) is 54.2 Å². The molecule has 2 heterocycles. The molecule has 0 bridgehead atoms. The summed E-state index contributed by atoms with van der Waals surface area (Å²) in [6, 6.07) is 17.3. The van der Waals surface area contributed by atoms with Crippen molar-refractivity contribution in [1.82, 2.24) is 9.97 Å². The molecule has 30 heavy (non-hydrogen) atoms. The molecule has 0 aliphatic heterocycles. The zero-order valence-electron chi connectivity index (χ0n) is 15.3. The number of rotatable bonds is 5. The van der Waals surface area contributed by atoms with Gasteiger partial charge >= 0.3 is 0 Å². The normalized spacial score (nSPS) is 10.7. The lowest BCUT2D eigenvalue weighted by Crippen LogP contribution is -1.98. The number of nitriles is 1. The first-order valence-corrected chi connectivity index (χ1v) is 10.6. The van der Waals surface area contributed by atoms with Gasteiger partial charge in [0.05, 0.1) is 5.69 Å². The van der Waals surface area contributed by atoms with Crippen molar-refractivity contribution in [2.24, 2.45) is 0 Å². The number of nitrogens with zero attached hydrogens (tertiary/aromatic N) is 3. The van der Waals surface area contributed by atoms with Gasteiger partial charge in [0.25, 0.3) is 0 Å². The van der Waals surface area contributed by atoms with Crippen molar-refractivity contribution in [2.45, 2.75) is 10.9 Å². The molecule has 0 fully saturated rings. The Hall–Kier alpha value is -3.28. The largest absolute Gasteiger partial charge is 0.492 e. The quantitative estimate of drug-likeness (QED) is 0.305. The molecule has 0 aliphatic carbocycles. The summed E-state index contributed by atoms with van der Waals surface area (Å²) in [5, 5.41) is 21.8. The number of halogens is 2. The van der Waals surface area contributed by atoms with Crippen LogP contribution in [0.3, 0.4) is 0 Å². The molecule has 0 unspecified atom stereocenters. The van der Waals surface area contributed by atoms with E-state index in [1.54, 1.807) is 11.3 Å². The van der Waals surface area contributed by atoms with Crippen LogP contribution in [0.2, 0.25) is 0 Å². The molecule has 4 aromatic rings. The van der Waals surface area contributed by atoms with E-state index < -0.39 is 17.5 Å². The lowest BCUT2D eigenvalue weighted by molar-refractivity contribution is 0.444. The predicted octanol–water partition coefficient (Wildman–Crippen LogP) is 6.02. The Morgan fingerprint density at radius 2 is 1.77 bits per heavy atom. The van der Waals surface area contributed by atoms with Gasteiger partial charge in [0.2, 0.25) is 5.88 Å². The predicted molar refractivity (Wildman–Crippen MR) is 113 cm³/mol. The topological polar surface area (TPSA) is 69.8 Å². The maximum Gasteiger partial charge on any atom is 0.233 e. The first-order valence-electron chi connectivity index (χ1n) is 8.78. The van der Waals surface area contributed by atoms with Crippen molar-refractivity contribution in [3.05, 3.63) is 82.7 Å². The molecule has 0 atom stereocenters. The molecular formula is C22H13F2N3OS2. The van der Waals surface area contributed by atoms with Gasteiger partial charge < -0.3 is 5.11 Å². The third-order valence-electron chi connectivity index (χ3n) is 4.33. The fraction of sp³-hybridized carbons (Fsp3) is 0.0455. The first kappa shape index (κ1) is 20.0. The number of hydrogen-bond donors (Lipinski definition) is 1. The molecule has 0 radical (unpaired) electrons. The molecular weight excluding hydrogens is 424 g/mol. The molecule has 0 aliphatic rings. The third kappa shape index (κ3) is 4.03. The molecule has 4 nitrogen and oxygen atoms in total. The van der Waals surface area contributed by atoms with Crippen molar-refractivity contribution in [3.8, 4) is 33.6 Å². The van der Waals surface area contributed by atoms with Gasteiger partial charge in [0.15, 0.2) is 16.8 Å². The SMILES string of the molecule is N#Cc1c(O)nc(SCc2cccc(F)c2F)nc1-c1ccc(-c2cccs2)cc1. The zero-order valence-corrected chi connectivity index (χ0v) is 17.0. The van der Waals surface area contributed by atoms with E-state index in [0.717, 1.165) is 28.3 Å². The van der Waals surface area contributed by atoms with Gasteiger partial charge in [-0.05, 0) is 23.1 Å².